The second-order valence-electron chi connectivity index (χ2n) is 9.76. The average molecular weight is 596 g/mol. The molecule has 15 heteroatoms. The summed E-state index contributed by atoms with van der Waals surface area (Å²) in [4.78, 5) is 53.1. The molecule has 43 heavy (non-hydrogen) atoms. The molecule has 0 saturated carbocycles. The van der Waals surface area contributed by atoms with Crippen molar-refractivity contribution < 1.29 is 32.5 Å². The lowest BCUT2D eigenvalue weighted by Gasteiger charge is -2.37. The zero-order valence-electron chi connectivity index (χ0n) is 22.4. The molecule has 0 bridgehead atoms. The highest BCUT2D eigenvalue weighted by Crippen LogP contribution is 2.33. The number of halogens is 3. The van der Waals surface area contributed by atoms with Gasteiger partial charge in [0.05, 0.1) is 34.6 Å². The zero-order chi connectivity index (χ0) is 30.7. The number of alkyl halides is 3. The summed E-state index contributed by atoms with van der Waals surface area (Å²) in [5, 5.41) is 17.0. The number of fused-ring (bicyclic) bond motifs is 1. The summed E-state index contributed by atoms with van der Waals surface area (Å²) in [5.74, 6) is -1.44. The number of piperazine rings is 1. The van der Waals surface area contributed by atoms with E-state index in [0.29, 0.717) is 43.1 Å². The summed E-state index contributed by atoms with van der Waals surface area (Å²) in [6.45, 7) is 1.93. The van der Waals surface area contributed by atoms with Gasteiger partial charge in [0.1, 0.15) is 0 Å². The van der Waals surface area contributed by atoms with Crippen molar-refractivity contribution >= 4 is 46.7 Å². The number of ketones is 1. The first-order valence-electron chi connectivity index (χ1n) is 13.0. The Morgan fingerprint density at radius 2 is 1.72 bits per heavy atom. The quantitative estimate of drug-likeness (QED) is 0.182. The summed E-state index contributed by atoms with van der Waals surface area (Å²) < 4.78 is 39.3. The maximum atomic E-state index is 13.1. The number of nitro groups is 1. The van der Waals surface area contributed by atoms with Crippen molar-refractivity contribution in [3.8, 4) is 0 Å². The van der Waals surface area contributed by atoms with E-state index in [4.69, 9.17) is 0 Å². The Morgan fingerprint density at radius 1 is 1.00 bits per heavy atom. The molecule has 1 saturated heterocycles. The number of amides is 3. The van der Waals surface area contributed by atoms with Gasteiger partial charge in [-0.2, -0.15) is 18.3 Å². The van der Waals surface area contributed by atoms with Crippen LogP contribution in [0.3, 0.4) is 0 Å². The van der Waals surface area contributed by atoms with Gasteiger partial charge in [0.25, 0.3) is 11.5 Å². The predicted molar refractivity (Wildman–Crippen MR) is 151 cm³/mol. The van der Waals surface area contributed by atoms with Crippen LogP contribution in [0.2, 0.25) is 0 Å². The van der Waals surface area contributed by atoms with Crippen LogP contribution in [0.4, 0.5) is 40.7 Å². The van der Waals surface area contributed by atoms with Crippen molar-refractivity contribution in [3.63, 3.8) is 0 Å². The predicted octanol–water partition coefficient (Wildman–Crippen LogP) is 4.08. The number of non-ortho nitro benzene ring substituents is 1. The summed E-state index contributed by atoms with van der Waals surface area (Å²) in [6, 6.07) is 14.4. The van der Waals surface area contributed by atoms with Gasteiger partial charge in [-0.3, -0.25) is 29.5 Å². The van der Waals surface area contributed by atoms with Crippen LogP contribution in [0.25, 0.3) is 0 Å². The van der Waals surface area contributed by atoms with Crippen LogP contribution in [0, 0.1) is 10.1 Å². The van der Waals surface area contributed by atoms with E-state index < -0.39 is 34.4 Å². The number of carbonyl (C=O) groups excluding carboxylic acids is 3. The number of benzene rings is 3. The Morgan fingerprint density at radius 3 is 2.40 bits per heavy atom. The maximum Gasteiger partial charge on any atom is 0.416 e. The Labute approximate surface area is 242 Å². The van der Waals surface area contributed by atoms with E-state index in [9.17, 15) is 37.7 Å². The van der Waals surface area contributed by atoms with Crippen LogP contribution >= 0.6 is 0 Å². The molecule has 1 fully saturated rings. The summed E-state index contributed by atoms with van der Waals surface area (Å²) in [5.41, 5.74) is 3.20. The number of nitro benzene ring substituents is 1. The van der Waals surface area contributed by atoms with Gasteiger partial charge >= 0.3 is 18.1 Å². The van der Waals surface area contributed by atoms with E-state index in [1.807, 2.05) is 9.80 Å². The lowest BCUT2D eigenvalue weighted by atomic mass is 10.1. The Hall–Kier alpha value is -5.31. The van der Waals surface area contributed by atoms with Crippen LogP contribution < -0.4 is 20.5 Å². The van der Waals surface area contributed by atoms with Gasteiger partial charge in [-0.15, -0.1) is 0 Å². The fourth-order valence-corrected chi connectivity index (χ4v) is 4.75. The van der Waals surface area contributed by atoms with Gasteiger partial charge in [0, 0.05) is 49.7 Å². The number of hydrogen-bond acceptors (Lipinski definition) is 8. The summed E-state index contributed by atoms with van der Waals surface area (Å²) >= 11 is 0. The van der Waals surface area contributed by atoms with Crippen molar-refractivity contribution in [1.82, 2.24) is 10.3 Å². The molecular formula is C28H24F3N7O5. The number of hydrogen-bond donors (Lipinski definition) is 2. The molecule has 0 unspecified atom stereocenters. The van der Waals surface area contributed by atoms with E-state index in [-0.39, 0.29) is 23.6 Å². The Balaban J connectivity index is 1.17. The number of carbonyl (C=O) groups is 3. The van der Waals surface area contributed by atoms with E-state index in [1.54, 1.807) is 12.1 Å². The van der Waals surface area contributed by atoms with Gasteiger partial charge in [-0.1, -0.05) is 6.07 Å². The molecule has 0 radical (unpaired) electrons. The SMILES string of the molecule is O=C(NN=Cc1ccc([N+](=O)[O-])cc1)Nc1ccc2c(c1)C(=O)C(=O)N2CN1CCN(c2cccc(C(F)(F)F)c2)CC1. The number of nitrogens with zero attached hydrogens (tertiary/aromatic N) is 5. The monoisotopic (exact) mass is 595 g/mol. The van der Waals surface area contributed by atoms with Crippen molar-refractivity contribution in [2.45, 2.75) is 6.18 Å². The van der Waals surface area contributed by atoms with E-state index in [0.717, 1.165) is 12.1 Å². The number of anilines is 3. The van der Waals surface area contributed by atoms with Crippen molar-refractivity contribution in [2.24, 2.45) is 5.10 Å². The fraction of sp³-hybridized carbons (Fsp3) is 0.214. The minimum atomic E-state index is -4.43. The van der Waals surface area contributed by atoms with Crippen LogP contribution in [0.1, 0.15) is 21.5 Å². The summed E-state index contributed by atoms with van der Waals surface area (Å²) in [7, 11) is 0. The maximum absolute atomic E-state index is 13.1. The fourth-order valence-electron chi connectivity index (χ4n) is 4.75. The van der Waals surface area contributed by atoms with Gasteiger partial charge in [0.2, 0.25) is 0 Å². The molecule has 2 N–H and O–H groups in total. The topological polar surface area (TPSA) is 140 Å². The number of nitrogens with one attached hydrogen (secondary N) is 2. The van der Waals surface area contributed by atoms with E-state index in [1.165, 1.54) is 53.6 Å². The molecule has 3 aromatic carbocycles. The van der Waals surface area contributed by atoms with Crippen molar-refractivity contribution in [3.05, 3.63) is 93.5 Å². The molecule has 12 nitrogen and oxygen atoms in total. The lowest BCUT2D eigenvalue weighted by molar-refractivity contribution is -0.384. The molecule has 3 aromatic rings. The van der Waals surface area contributed by atoms with Gasteiger partial charge in [-0.25, -0.2) is 10.2 Å². The molecule has 2 aliphatic heterocycles. The molecule has 5 rings (SSSR count). The molecule has 3 amide bonds. The van der Waals surface area contributed by atoms with Crippen LogP contribution in [-0.4, -0.2) is 66.6 Å². The highest BCUT2D eigenvalue weighted by atomic mass is 19.4. The van der Waals surface area contributed by atoms with Gasteiger partial charge in [-0.05, 0) is 54.1 Å². The first kappa shape index (κ1) is 29.2. The van der Waals surface area contributed by atoms with Crippen LogP contribution in [0.5, 0.6) is 0 Å². The lowest BCUT2D eigenvalue weighted by Crippen LogP contribution is -2.51. The van der Waals surface area contributed by atoms with E-state index >= 15 is 0 Å². The first-order valence-corrected chi connectivity index (χ1v) is 13.0. The highest BCUT2D eigenvalue weighted by molar-refractivity contribution is 6.52. The average Bonchev–Trinajstić information content (AvgIpc) is 3.21. The smallest absolute Gasteiger partial charge is 0.369 e. The molecule has 2 heterocycles. The zero-order valence-corrected chi connectivity index (χ0v) is 22.4. The third-order valence-corrected chi connectivity index (χ3v) is 6.97. The second-order valence-corrected chi connectivity index (χ2v) is 9.76. The molecule has 0 aliphatic carbocycles. The van der Waals surface area contributed by atoms with Gasteiger partial charge in [0.15, 0.2) is 0 Å². The molecule has 222 valence electrons. The molecule has 0 spiro atoms. The molecule has 0 atom stereocenters. The standard InChI is InChI=1S/C28H24F3N7O5/c29-28(30,31)19-2-1-3-22(14-19)36-12-10-35(11-13-36)17-37-24-9-6-20(15-23(24)25(39)26(37)40)33-27(41)34-32-16-18-4-7-21(8-5-18)38(42)43/h1-9,14-16H,10-13,17H2,(H2,33,34,41). The Kier molecular flexibility index (Phi) is 8.07. The van der Waals surface area contributed by atoms with Crippen molar-refractivity contribution in [2.75, 3.05) is 48.0 Å². The highest BCUT2D eigenvalue weighted by Gasteiger charge is 2.37. The molecular weight excluding hydrogens is 571 g/mol. The summed E-state index contributed by atoms with van der Waals surface area (Å²) in [6.07, 6.45) is -3.14. The van der Waals surface area contributed by atoms with Crippen molar-refractivity contribution in [1.29, 1.82) is 0 Å². The third-order valence-electron chi connectivity index (χ3n) is 6.97. The van der Waals surface area contributed by atoms with E-state index in [2.05, 4.69) is 15.8 Å². The minimum Gasteiger partial charge on any atom is -0.369 e. The van der Waals surface area contributed by atoms with Gasteiger partial charge < -0.3 is 10.2 Å². The molecule has 0 aromatic heterocycles. The van der Waals surface area contributed by atoms with Crippen LogP contribution in [0.15, 0.2) is 71.8 Å². The third kappa shape index (κ3) is 6.62. The largest absolute Gasteiger partial charge is 0.416 e. The first-order chi connectivity index (χ1) is 20.5. The molecule has 2 aliphatic rings. The second kappa shape index (κ2) is 11.9. The Bertz CT molecular complexity index is 1600. The number of Topliss-reactive ketones (excluding diaryl/α,β-unsaturated/α-hetero) is 1. The number of urea groups is 1. The van der Waals surface area contributed by atoms with Crippen LogP contribution in [-0.2, 0) is 11.0 Å². The number of hydrazone groups is 1. The minimum absolute atomic E-state index is 0.0809. The number of rotatable bonds is 7. The normalized spacial score (nSPS) is 15.6.